The maximum absolute atomic E-state index is 14.0. The highest BCUT2D eigenvalue weighted by Crippen LogP contribution is 2.35. The van der Waals surface area contributed by atoms with Crippen molar-refractivity contribution in [3.8, 4) is 33.9 Å². The van der Waals surface area contributed by atoms with Gasteiger partial charge in [-0.15, -0.1) is 0 Å². The van der Waals surface area contributed by atoms with Crippen molar-refractivity contribution in [2.75, 3.05) is 0 Å². The van der Waals surface area contributed by atoms with E-state index in [4.69, 9.17) is 0 Å². The van der Waals surface area contributed by atoms with Gasteiger partial charge in [-0.1, -0.05) is 90.5 Å². The number of para-hydroxylation sites is 1. The van der Waals surface area contributed by atoms with Gasteiger partial charge in [-0.05, 0) is 31.2 Å². The molecule has 4 heteroatoms. The number of aldehydes is 1. The Bertz CT molecular complexity index is 1460. The first-order valence-electron chi connectivity index (χ1n) is 10.8. The second kappa shape index (κ2) is 8.60. The van der Waals surface area contributed by atoms with E-state index in [2.05, 4.69) is 0 Å². The number of carbonyl (C=O) groups excluding carboxylic acids is 1. The molecule has 0 saturated heterocycles. The molecule has 0 spiro atoms. The van der Waals surface area contributed by atoms with E-state index in [-0.39, 0.29) is 5.69 Å². The number of carbonyl (C=O) groups is 1. The Balaban J connectivity index is 1.93. The molecule has 0 fully saturated rings. The van der Waals surface area contributed by atoms with Crippen molar-refractivity contribution < 1.29 is 4.79 Å². The number of imidazole rings is 1. The number of aromatic nitrogens is 2. The molecular weight excluding hydrogens is 408 g/mol. The molecule has 0 N–H and O–H groups in total. The lowest BCUT2D eigenvalue weighted by molar-refractivity contribution is 0.112. The topological polar surface area (TPSA) is 44.0 Å². The fourth-order valence-corrected chi connectivity index (χ4v) is 4.10. The van der Waals surface area contributed by atoms with Gasteiger partial charge in [0.15, 0.2) is 0 Å². The van der Waals surface area contributed by atoms with Crippen molar-refractivity contribution in [3.05, 3.63) is 131 Å². The van der Waals surface area contributed by atoms with Gasteiger partial charge in [0, 0.05) is 16.7 Å². The second-order valence-corrected chi connectivity index (χ2v) is 7.93. The number of benzene rings is 4. The Morgan fingerprint density at radius 3 is 1.61 bits per heavy atom. The lowest BCUT2D eigenvalue weighted by atomic mass is 10.0. The monoisotopic (exact) mass is 430 g/mol. The molecule has 0 aliphatic carbocycles. The van der Waals surface area contributed by atoms with E-state index in [0.29, 0.717) is 5.56 Å². The summed E-state index contributed by atoms with van der Waals surface area (Å²) in [5.41, 5.74) is 6.48. The molecule has 0 aliphatic heterocycles. The van der Waals surface area contributed by atoms with Crippen LogP contribution in [-0.4, -0.2) is 15.4 Å². The molecule has 0 saturated carbocycles. The van der Waals surface area contributed by atoms with Crippen molar-refractivity contribution >= 4 is 6.29 Å². The van der Waals surface area contributed by atoms with Gasteiger partial charge in [-0.2, -0.15) is 0 Å². The lowest BCUT2D eigenvalue weighted by Crippen LogP contribution is -2.22. The Morgan fingerprint density at radius 1 is 0.576 bits per heavy atom. The fourth-order valence-electron chi connectivity index (χ4n) is 4.10. The molecule has 1 heterocycles. The van der Waals surface area contributed by atoms with Crippen LogP contribution in [0.25, 0.3) is 33.9 Å². The van der Waals surface area contributed by atoms with Crippen LogP contribution in [-0.2, 0) is 0 Å². The van der Waals surface area contributed by atoms with E-state index in [0.717, 1.165) is 45.7 Å². The Morgan fingerprint density at radius 2 is 1.06 bits per heavy atom. The average molecular weight is 431 g/mol. The Labute approximate surface area is 192 Å². The minimum absolute atomic E-state index is 0.154. The third-order valence-electron chi connectivity index (χ3n) is 5.73. The SMILES string of the molecule is Cc1ccc(-n2c(-c3ccc(C=O)cc3)c(-c3ccccc3)n(-c3ccccc3)c2=O)cc1. The molecule has 0 unspecified atom stereocenters. The van der Waals surface area contributed by atoms with E-state index in [9.17, 15) is 9.59 Å². The molecule has 0 amide bonds. The molecule has 4 aromatic carbocycles. The molecule has 5 aromatic rings. The van der Waals surface area contributed by atoms with Crippen LogP contribution in [0.3, 0.4) is 0 Å². The largest absolute Gasteiger partial charge is 0.338 e. The average Bonchev–Trinajstić information content (AvgIpc) is 3.18. The minimum Gasteiger partial charge on any atom is -0.298 e. The van der Waals surface area contributed by atoms with Crippen LogP contribution in [0.5, 0.6) is 0 Å². The summed E-state index contributed by atoms with van der Waals surface area (Å²) in [6, 6.07) is 34.9. The van der Waals surface area contributed by atoms with Gasteiger partial charge in [-0.3, -0.25) is 13.9 Å². The van der Waals surface area contributed by atoms with E-state index >= 15 is 0 Å². The van der Waals surface area contributed by atoms with Crippen LogP contribution in [0, 0.1) is 6.92 Å². The number of hydrogen-bond donors (Lipinski definition) is 0. The van der Waals surface area contributed by atoms with Crippen LogP contribution in [0.2, 0.25) is 0 Å². The molecule has 1 aromatic heterocycles. The van der Waals surface area contributed by atoms with E-state index in [1.54, 1.807) is 21.3 Å². The highest BCUT2D eigenvalue weighted by molar-refractivity contribution is 5.83. The van der Waals surface area contributed by atoms with Gasteiger partial charge < -0.3 is 0 Å². The van der Waals surface area contributed by atoms with Gasteiger partial charge in [0.1, 0.15) is 6.29 Å². The molecule has 0 radical (unpaired) electrons. The van der Waals surface area contributed by atoms with Crippen LogP contribution in [0.15, 0.2) is 114 Å². The van der Waals surface area contributed by atoms with Crippen LogP contribution < -0.4 is 5.69 Å². The first-order chi connectivity index (χ1) is 16.2. The molecule has 33 heavy (non-hydrogen) atoms. The van der Waals surface area contributed by atoms with Crippen LogP contribution in [0.1, 0.15) is 15.9 Å². The van der Waals surface area contributed by atoms with E-state index in [1.807, 2.05) is 104 Å². The first-order valence-corrected chi connectivity index (χ1v) is 10.8. The zero-order chi connectivity index (χ0) is 22.8. The Kier molecular flexibility index (Phi) is 5.33. The summed E-state index contributed by atoms with van der Waals surface area (Å²) in [4.78, 5) is 25.3. The highest BCUT2D eigenvalue weighted by atomic mass is 16.1. The molecule has 5 rings (SSSR count). The lowest BCUT2D eigenvalue weighted by Gasteiger charge is -2.12. The number of rotatable bonds is 5. The third-order valence-corrected chi connectivity index (χ3v) is 5.73. The molecule has 4 nitrogen and oxygen atoms in total. The van der Waals surface area contributed by atoms with Gasteiger partial charge in [-0.25, -0.2) is 4.79 Å². The van der Waals surface area contributed by atoms with Gasteiger partial charge >= 0.3 is 5.69 Å². The molecule has 160 valence electrons. The quantitative estimate of drug-likeness (QED) is 0.317. The van der Waals surface area contributed by atoms with Crippen molar-refractivity contribution in [2.45, 2.75) is 6.92 Å². The molecule has 0 atom stereocenters. The fraction of sp³-hybridized carbons (Fsp3) is 0.0345. The number of nitrogens with zero attached hydrogens (tertiary/aromatic N) is 2. The summed E-state index contributed by atoms with van der Waals surface area (Å²) >= 11 is 0. The van der Waals surface area contributed by atoms with E-state index in [1.165, 1.54) is 0 Å². The summed E-state index contributed by atoms with van der Waals surface area (Å²) in [5.74, 6) is 0. The number of hydrogen-bond acceptors (Lipinski definition) is 2. The molecular formula is C29H22N2O2. The van der Waals surface area contributed by atoms with Crippen LogP contribution in [0.4, 0.5) is 0 Å². The van der Waals surface area contributed by atoms with E-state index < -0.39 is 0 Å². The maximum Gasteiger partial charge on any atom is 0.338 e. The van der Waals surface area contributed by atoms with Crippen molar-refractivity contribution in [1.82, 2.24) is 9.13 Å². The van der Waals surface area contributed by atoms with Crippen molar-refractivity contribution in [1.29, 1.82) is 0 Å². The second-order valence-electron chi connectivity index (χ2n) is 7.93. The van der Waals surface area contributed by atoms with Crippen molar-refractivity contribution in [2.24, 2.45) is 0 Å². The zero-order valence-corrected chi connectivity index (χ0v) is 18.2. The molecule has 0 aliphatic rings. The predicted octanol–water partition coefficient (Wildman–Crippen LogP) is 6.08. The van der Waals surface area contributed by atoms with Crippen LogP contribution >= 0.6 is 0 Å². The standard InChI is InChI=1S/C29H22N2O2/c1-21-12-18-26(19-13-21)31-28(24-16-14-22(20-32)15-17-24)27(23-8-4-2-5-9-23)30(29(31)33)25-10-6-3-7-11-25/h2-20H,1H3. The smallest absolute Gasteiger partial charge is 0.298 e. The Hall–Kier alpha value is -4.44. The predicted molar refractivity (Wildman–Crippen MR) is 132 cm³/mol. The number of aryl methyl sites for hydroxylation is 1. The van der Waals surface area contributed by atoms with Gasteiger partial charge in [0.2, 0.25) is 0 Å². The first kappa shape index (κ1) is 20.5. The summed E-state index contributed by atoms with van der Waals surface area (Å²) in [6.07, 6.45) is 0.823. The third kappa shape index (κ3) is 3.72. The van der Waals surface area contributed by atoms with Crippen molar-refractivity contribution in [3.63, 3.8) is 0 Å². The summed E-state index contributed by atoms with van der Waals surface area (Å²) in [7, 11) is 0. The maximum atomic E-state index is 14.0. The molecule has 0 bridgehead atoms. The van der Waals surface area contributed by atoms with Gasteiger partial charge in [0.25, 0.3) is 0 Å². The highest BCUT2D eigenvalue weighted by Gasteiger charge is 2.24. The van der Waals surface area contributed by atoms with Gasteiger partial charge in [0.05, 0.1) is 22.8 Å². The summed E-state index contributed by atoms with van der Waals surface area (Å²) in [5, 5.41) is 0. The summed E-state index contributed by atoms with van der Waals surface area (Å²) < 4.78 is 3.52. The zero-order valence-electron chi connectivity index (χ0n) is 18.2. The summed E-state index contributed by atoms with van der Waals surface area (Å²) in [6.45, 7) is 2.02. The normalized spacial score (nSPS) is 10.8. The minimum atomic E-state index is -0.154.